The molecule has 0 rings (SSSR count). The Morgan fingerprint density at radius 2 is 1.09 bits per heavy atom. The lowest BCUT2D eigenvalue weighted by molar-refractivity contribution is -0.134. The highest BCUT2D eigenvalue weighted by molar-refractivity contribution is 5.62. The quantitative estimate of drug-likeness (QED) is 0.309. The van der Waals surface area contributed by atoms with E-state index in [0.29, 0.717) is 0 Å². The lowest BCUT2D eigenvalue weighted by Crippen LogP contribution is -1.80. The van der Waals surface area contributed by atoms with Gasteiger partial charge in [0.2, 0.25) is 0 Å². The van der Waals surface area contributed by atoms with Gasteiger partial charge in [-0.25, -0.2) is 0 Å². The molecule has 0 aromatic rings. The van der Waals surface area contributed by atoms with Gasteiger partial charge in [-0.15, -0.1) is 0 Å². The minimum absolute atomic E-state index is 0.187. The molecule has 0 aromatic carbocycles. The van der Waals surface area contributed by atoms with Crippen molar-refractivity contribution in [2.75, 3.05) is 6.61 Å². The first-order valence-corrected chi connectivity index (χ1v) is 9.25. The molecule has 0 aromatic heterocycles. The average molecular weight is 327 g/mol. The van der Waals surface area contributed by atoms with Crippen LogP contribution in [-0.4, -0.2) is 22.8 Å². The smallest absolute Gasteiger partial charge is 0.300 e. The van der Waals surface area contributed by atoms with Crippen LogP contribution in [0.25, 0.3) is 0 Å². The molecule has 3 nitrogen and oxygen atoms in total. The van der Waals surface area contributed by atoms with E-state index in [1.54, 1.807) is 0 Å². The zero-order valence-electron chi connectivity index (χ0n) is 15.3. The Labute approximate surface area is 143 Å². The number of aliphatic hydroxyl groups is 1. The number of unbranched alkanes of at least 4 members (excludes halogenated alkanes) is 10. The molecule has 0 spiro atoms. The minimum Gasteiger partial charge on any atom is -0.481 e. The second-order valence-corrected chi connectivity index (χ2v) is 5.84. The predicted molar refractivity (Wildman–Crippen MR) is 99.8 cm³/mol. The molecule has 0 amide bonds. The average Bonchev–Trinajstić information content (AvgIpc) is 2.50. The summed E-state index contributed by atoms with van der Waals surface area (Å²) in [4.78, 5) is 9.00. The summed E-state index contributed by atoms with van der Waals surface area (Å²) in [7, 11) is 0. The molecule has 0 unspecified atom stereocenters. The Kier molecular flexibility index (Phi) is 24.4. The Balaban J connectivity index is 0. The Morgan fingerprint density at radius 1 is 0.739 bits per heavy atom. The molecule has 0 saturated carbocycles. The third-order valence-corrected chi connectivity index (χ3v) is 3.40. The topological polar surface area (TPSA) is 57.5 Å². The van der Waals surface area contributed by atoms with E-state index in [1.807, 2.05) is 6.08 Å². The fourth-order valence-electron chi connectivity index (χ4n) is 2.16. The first-order chi connectivity index (χ1) is 11.1. The zero-order chi connectivity index (χ0) is 17.6. The van der Waals surface area contributed by atoms with E-state index in [4.69, 9.17) is 15.0 Å². The summed E-state index contributed by atoms with van der Waals surface area (Å²) < 4.78 is 0. The molecule has 0 radical (unpaired) electrons. The highest BCUT2D eigenvalue weighted by atomic mass is 16.4. The van der Waals surface area contributed by atoms with Gasteiger partial charge in [-0.2, -0.15) is 0 Å². The van der Waals surface area contributed by atoms with Gasteiger partial charge in [0, 0.05) is 6.92 Å². The van der Waals surface area contributed by atoms with Crippen LogP contribution in [0, 0.1) is 0 Å². The lowest BCUT2D eigenvalue weighted by atomic mass is 10.1. The molecule has 0 heterocycles. The number of hydrogen-bond donors (Lipinski definition) is 2. The number of allylic oxidation sites excluding steroid dienone is 3. The summed E-state index contributed by atoms with van der Waals surface area (Å²) in [5, 5.41) is 16.0. The standard InChI is InChI=1S/C18H34O.C2H4O2/c1-2-3-4-5-6-7-8-9-10-11-12-13-14-15-16-17-18-19;1-2(3)4/h5-6,16-17,19H,2-4,7-15,18H2,1H3;1H3,(H,3,4). The van der Waals surface area contributed by atoms with Crippen LogP contribution in [0.5, 0.6) is 0 Å². The highest BCUT2D eigenvalue weighted by Gasteiger charge is 1.90. The van der Waals surface area contributed by atoms with Crippen molar-refractivity contribution < 1.29 is 15.0 Å². The summed E-state index contributed by atoms with van der Waals surface area (Å²) in [5.74, 6) is -0.833. The molecule has 136 valence electrons. The van der Waals surface area contributed by atoms with Gasteiger partial charge >= 0.3 is 0 Å². The van der Waals surface area contributed by atoms with Gasteiger partial charge in [-0.3, -0.25) is 4.79 Å². The lowest BCUT2D eigenvalue weighted by Gasteiger charge is -2.00. The maximum Gasteiger partial charge on any atom is 0.300 e. The van der Waals surface area contributed by atoms with Crippen LogP contribution in [-0.2, 0) is 4.79 Å². The van der Waals surface area contributed by atoms with Crippen LogP contribution in [0.4, 0.5) is 0 Å². The summed E-state index contributed by atoms with van der Waals surface area (Å²) in [5.41, 5.74) is 0. The highest BCUT2D eigenvalue weighted by Crippen LogP contribution is 2.10. The van der Waals surface area contributed by atoms with Gasteiger partial charge in [0.05, 0.1) is 6.61 Å². The van der Waals surface area contributed by atoms with Gasteiger partial charge in [0.25, 0.3) is 5.97 Å². The van der Waals surface area contributed by atoms with Gasteiger partial charge in [-0.05, 0) is 32.1 Å². The van der Waals surface area contributed by atoms with Crippen molar-refractivity contribution in [3.63, 3.8) is 0 Å². The third kappa shape index (κ3) is 33.6. The predicted octanol–water partition coefficient (Wildman–Crippen LogP) is 5.88. The molecule has 0 bridgehead atoms. The Bertz CT molecular complexity index is 279. The van der Waals surface area contributed by atoms with Crippen LogP contribution in [0.1, 0.15) is 90.9 Å². The van der Waals surface area contributed by atoms with Crippen LogP contribution < -0.4 is 0 Å². The zero-order valence-corrected chi connectivity index (χ0v) is 15.3. The van der Waals surface area contributed by atoms with E-state index in [0.717, 1.165) is 13.3 Å². The molecular formula is C20H38O3. The van der Waals surface area contributed by atoms with Crippen LogP contribution >= 0.6 is 0 Å². The van der Waals surface area contributed by atoms with Crippen molar-refractivity contribution in [1.29, 1.82) is 0 Å². The second-order valence-electron chi connectivity index (χ2n) is 5.84. The van der Waals surface area contributed by atoms with Crippen molar-refractivity contribution in [3.8, 4) is 0 Å². The summed E-state index contributed by atoms with van der Waals surface area (Å²) in [6.07, 6.45) is 24.5. The summed E-state index contributed by atoms with van der Waals surface area (Å²) in [6, 6.07) is 0. The SMILES string of the molecule is CC(=O)O.CCCCC=CCCCCCCCCCC=CCO. The molecule has 0 aliphatic rings. The number of aliphatic hydroxyl groups excluding tert-OH is 1. The summed E-state index contributed by atoms with van der Waals surface area (Å²) in [6.45, 7) is 3.52. The van der Waals surface area contributed by atoms with E-state index in [1.165, 1.54) is 70.6 Å². The summed E-state index contributed by atoms with van der Waals surface area (Å²) >= 11 is 0. The first kappa shape index (κ1) is 24.2. The van der Waals surface area contributed by atoms with Crippen molar-refractivity contribution in [2.45, 2.75) is 90.9 Å². The first-order valence-electron chi connectivity index (χ1n) is 9.25. The maximum atomic E-state index is 9.00. The largest absolute Gasteiger partial charge is 0.481 e. The molecule has 0 fully saturated rings. The van der Waals surface area contributed by atoms with Crippen LogP contribution in [0.2, 0.25) is 0 Å². The van der Waals surface area contributed by atoms with Gasteiger partial charge < -0.3 is 10.2 Å². The van der Waals surface area contributed by atoms with E-state index in [-0.39, 0.29) is 6.61 Å². The molecule has 2 N–H and O–H groups in total. The fourth-order valence-corrected chi connectivity index (χ4v) is 2.16. The number of carbonyl (C=O) groups is 1. The molecule has 0 aliphatic heterocycles. The molecule has 0 atom stereocenters. The van der Waals surface area contributed by atoms with Gasteiger partial charge in [-0.1, -0.05) is 76.2 Å². The van der Waals surface area contributed by atoms with Crippen molar-refractivity contribution in [3.05, 3.63) is 24.3 Å². The molecule has 0 saturated heterocycles. The third-order valence-electron chi connectivity index (χ3n) is 3.40. The normalized spacial score (nSPS) is 10.9. The number of carboxylic acids is 1. The van der Waals surface area contributed by atoms with E-state index >= 15 is 0 Å². The monoisotopic (exact) mass is 326 g/mol. The van der Waals surface area contributed by atoms with Gasteiger partial charge in [0.15, 0.2) is 0 Å². The van der Waals surface area contributed by atoms with Crippen LogP contribution in [0.15, 0.2) is 24.3 Å². The van der Waals surface area contributed by atoms with Crippen molar-refractivity contribution >= 4 is 5.97 Å². The minimum atomic E-state index is -0.833. The molecule has 3 heteroatoms. The molecule has 0 aliphatic carbocycles. The van der Waals surface area contributed by atoms with E-state index < -0.39 is 5.97 Å². The van der Waals surface area contributed by atoms with Crippen molar-refractivity contribution in [2.24, 2.45) is 0 Å². The number of rotatable bonds is 14. The number of aliphatic carboxylic acids is 1. The van der Waals surface area contributed by atoms with E-state index in [9.17, 15) is 0 Å². The maximum absolute atomic E-state index is 9.00. The number of carboxylic acid groups (broad SMARTS) is 1. The van der Waals surface area contributed by atoms with E-state index in [2.05, 4.69) is 25.2 Å². The van der Waals surface area contributed by atoms with Crippen LogP contribution in [0.3, 0.4) is 0 Å². The Hall–Kier alpha value is -1.09. The van der Waals surface area contributed by atoms with Crippen molar-refractivity contribution in [1.82, 2.24) is 0 Å². The molecular weight excluding hydrogens is 288 g/mol. The molecule has 23 heavy (non-hydrogen) atoms. The fraction of sp³-hybridized carbons (Fsp3) is 0.750. The Morgan fingerprint density at radius 3 is 1.48 bits per heavy atom. The number of hydrogen-bond acceptors (Lipinski definition) is 2. The van der Waals surface area contributed by atoms with Gasteiger partial charge in [0.1, 0.15) is 0 Å². The second kappa shape index (κ2) is 23.2.